The van der Waals surface area contributed by atoms with Crippen LogP contribution in [0.15, 0.2) is 24.8 Å². The predicted molar refractivity (Wildman–Crippen MR) is 63.2 cm³/mol. The van der Waals surface area contributed by atoms with Crippen molar-refractivity contribution in [3.05, 3.63) is 24.8 Å². The number of amides is 1. The van der Waals surface area contributed by atoms with Crippen LogP contribution in [0.2, 0.25) is 0 Å². The number of hydrogen-bond donors (Lipinski definition) is 1. The van der Waals surface area contributed by atoms with E-state index in [0.29, 0.717) is 5.57 Å². The molecular weight excluding hydrogens is 260 g/mol. The third-order valence-electron chi connectivity index (χ3n) is 1.33. The number of rotatable bonds is 5. The van der Waals surface area contributed by atoms with Gasteiger partial charge < -0.3 is 10.1 Å². The van der Waals surface area contributed by atoms with Crippen LogP contribution in [-0.4, -0.2) is 22.5 Å². The highest BCUT2D eigenvalue weighted by atomic mass is 35.6. The first-order valence-corrected chi connectivity index (χ1v) is 5.18. The molecule has 0 aliphatic rings. The zero-order valence-corrected chi connectivity index (χ0v) is 10.5. The molecule has 0 radical (unpaired) electrons. The van der Waals surface area contributed by atoms with Crippen molar-refractivity contribution in [1.82, 2.24) is 5.32 Å². The van der Waals surface area contributed by atoms with Gasteiger partial charge in [0.15, 0.2) is 6.23 Å². The minimum Gasteiger partial charge on any atom is -0.350 e. The first-order valence-electron chi connectivity index (χ1n) is 4.04. The van der Waals surface area contributed by atoms with E-state index in [-0.39, 0.29) is 6.61 Å². The van der Waals surface area contributed by atoms with Crippen molar-refractivity contribution in [3.63, 3.8) is 0 Å². The van der Waals surface area contributed by atoms with E-state index < -0.39 is 15.9 Å². The largest absolute Gasteiger partial charge is 0.350 e. The van der Waals surface area contributed by atoms with Crippen LogP contribution >= 0.6 is 34.8 Å². The van der Waals surface area contributed by atoms with E-state index in [4.69, 9.17) is 39.5 Å². The SMILES string of the molecule is C=CCOC(NC(=O)C(=C)C)C(Cl)(Cl)Cl. The summed E-state index contributed by atoms with van der Waals surface area (Å²) >= 11 is 16.8. The predicted octanol–water partition coefficient (Wildman–Crippen LogP) is 2.58. The highest BCUT2D eigenvalue weighted by Gasteiger charge is 2.34. The van der Waals surface area contributed by atoms with Crippen LogP contribution in [0.25, 0.3) is 0 Å². The van der Waals surface area contributed by atoms with E-state index in [1.54, 1.807) is 0 Å². The monoisotopic (exact) mass is 271 g/mol. The summed E-state index contributed by atoms with van der Waals surface area (Å²) in [6.45, 7) is 8.60. The molecule has 0 aromatic rings. The molecule has 0 heterocycles. The molecule has 0 rings (SSSR count). The Labute approximate surface area is 104 Å². The van der Waals surface area contributed by atoms with Crippen LogP contribution in [0, 0.1) is 0 Å². The highest BCUT2D eigenvalue weighted by molar-refractivity contribution is 6.68. The molecule has 0 aliphatic carbocycles. The maximum Gasteiger partial charge on any atom is 0.248 e. The fourth-order valence-electron chi connectivity index (χ4n) is 0.625. The van der Waals surface area contributed by atoms with Gasteiger partial charge in [0, 0.05) is 5.57 Å². The van der Waals surface area contributed by atoms with Crippen LogP contribution in [0.4, 0.5) is 0 Å². The third-order valence-corrected chi connectivity index (χ3v) is 1.92. The Morgan fingerprint density at radius 2 is 2.13 bits per heavy atom. The number of halogens is 3. The van der Waals surface area contributed by atoms with Gasteiger partial charge in [0.1, 0.15) is 0 Å². The fraction of sp³-hybridized carbons (Fsp3) is 0.444. The van der Waals surface area contributed by atoms with Crippen molar-refractivity contribution in [3.8, 4) is 0 Å². The van der Waals surface area contributed by atoms with Gasteiger partial charge in [-0.3, -0.25) is 4.79 Å². The zero-order chi connectivity index (χ0) is 12.1. The van der Waals surface area contributed by atoms with Crippen LogP contribution in [0.3, 0.4) is 0 Å². The maximum atomic E-state index is 11.3. The van der Waals surface area contributed by atoms with Gasteiger partial charge >= 0.3 is 0 Å². The van der Waals surface area contributed by atoms with Crippen LogP contribution in [0.5, 0.6) is 0 Å². The van der Waals surface area contributed by atoms with Crippen molar-refractivity contribution in [1.29, 1.82) is 0 Å². The lowest BCUT2D eigenvalue weighted by Crippen LogP contribution is -2.45. The second-order valence-electron chi connectivity index (χ2n) is 2.80. The van der Waals surface area contributed by atoms with Gasteiger partial charge in [0.05, 0.1) is 6.61 Å². The summed E-state index contributed by atoms with van der Waals surface area (Å²) in [6, 6.07) is 0. The third kappa shape index (κ3) is 6.05. The molecule has 6 heteroatoms. The quantitative estimate of drug-likeness (QED) is 0.361. The number of nitrogens with one attached hydrogen (secondary N) is 1. The smallest absolute Gasteiger partial charge is 0.248 e. The summed E-state index contributed by atoms with van der Waals surface area (Å²) in [6.07, 6.45) is 0.445. The van der Waals surface area contributed by atoms with E-state index in [1.165, 1.54) is 13.0 Å². The van der Waals surface area contributed by atoms with Crippen molar-refractivity contribution in [2.75, 3.05) is 6.61 Å². The van der Waals surface area contributed by atoms with Gasteiger partial charge in [0.2, 0.25) is 9.70 Å². The van der Waals surface area contributed by atoms with Gasteiger partial charge in [0.25, 0.3) is 0 Å². The zero-order valence-electron chi connectivity index (χ0n) is 8.23. The van der Waals surface area contributed by atoms with Gasteiger partial charge in [-0.15, -0.1) is 6.58 Å². The van der Waals surface area contributed by atoms with Gasteiger partial charge in [-0.2, -0.15) is 0 Å². The Kier molecular flexibility index (Phi) is 6.29. The summed E-state index contributed by atoms with van der Waals surface area (Å²) in [4.78, 5) is 11.3. The topological polar surface area (TPSA) is 38.3 Å². The lowest BCUT2D eigenvalue weighted by atomic mass is 10.3. The Hall–Kier alpha value is -0.220. The van der Waals surface area contributed by atoms with E-state index >= 15 is 0 Å². The van der Waals surface area contributed by atoms with Crippen molar-refractivity contribution < 1.29 is 9.53 Å². The molecule has 0 fully saturated rings. The molecule has 0 aliphatic heterocycles. The van der Waals surface area contributed by atoms with Crippen molar-refractivity contribution >= 4 is 40.7 Å². The minimum atomic E-state index is -1.74. The average Bonchev–Trinajstić information content (AvgIpc) is 2.09. The highest BCUT2D eigenvalue weighted by Crippen LogP contribution is 2.31. The molecule has 0 spiro atoms. The molecule has 0 aromatic carbocycles. The first kappa shape index (κ1) is 14.8. The molecular formula is C9H12Cl3NO2. The Balaban J connectivity index is 4.44. The molecule has 0 saturated heterocycles. The average molecular weight is 273 g/mol. The summed E-state index contributed by atoms with van der Waals surface area (Å²) in [5.41, 5.74) is 0.302. The summed E-state index contributed by atoms with van der Waals surface area (Å²) < 4.78 is 3.35. The van der Waals surface area contributed by atoms with E-state index in [2.05, 4.69) is 18.5 Å². The number of ether oxygens (including phenoxy) is 1. The fourth-order valence-corrected chi connectivity index (χ4v) is 0.977. The lowest BCUT2D eigenvalue weighted by Gasteiger charge is -2.25. The molecule has 0 aromatic heterocycles. The lowest BCUT2D eigenvalue weighted by molar-refractivity contribution is -0.121. The maximum absolute atomic E-state index is 11.3. The van der Waals surface area contributed by atoms with E-state index in [1.807, 2.05) is 0 Å². The Morgan fingerprint density at radius 3 is 2.47 bits per heavy atom. The van der Waals surface area contributed by atoms with E-state index in [9.17, 15) is 4.79 Å². The van der Waals surface area contributed by atoms with Crippen LogP contribution in [-0.2, 0) is 9.53 Å². The molecule has 86 valence electrons. The van der Waals surface area contributed by atoms with Crippen molar-refractivity contribution in [2.45, 2.75) is 16.9 Å². The number of carbonyl (C=O) groups excluding carboxylic acids is 1. The molecule has 15 heavy (non-hydrogen) atoms. The molecule has 0 bridgehead atoms. The molecule has 0 saturated carbocycles. The second kappa shape index (κ2) is 6.38. The minimum absolute atomic E-state index is 0.162. The first-order chi connectivity index (χ1) is 6.79. The van der Waals surface area contributed by atoms with Crippen molar-refractivity contribution in [2.24, 2.45) is 0 Å². The Bertz CT molecular complexity index is 261. The molecule has 3 nitrogen and oxygen atoms in total. The summed E-state index contributed by atoms with van der Waals surface area (Å²) in [5, 5.41) is 2.39. The second-order valence-corrected chi connectivity index (χ2v) is 5.17. The van der Waals surface area contributed by atoms with E-state index in [0.717, 1.165) is 0 Å². The molecule has 1 N–H and O–H groups in total. The number of carbonyl (C=O) groups is 1. The van der Waals surface area contributed by atoms with Crippen LogP contribution in [0.1, 0.15) is 6.92 Å². The summed E-state index contributed by atoms with van der Waals surface area (Å²) in [7, 11) is 0. The van der Waals surface area contributed by atoms with Gasteiger partial charge in [-0.1, -0.05) is 47.5 Å². The number of hydrogen-bond acceptors (Lipinski definition) is 2. The molecule has 1 unspecified atom stereocenters. The normalized spacial score (nSPS) is 13.1. The van der Waals surface area contributed by atoms with Crippen LogP contribution < -0.4 is 5.32 Å². The standard InChI is InChI=1S/C9H12Cl3NO2/c1-4-5-15-8(9(10,11)12)13-7(14)6(2)3/h4,8H,1-2,5H2,3H3,(H,13,14). The van der Waals surface area contributed by atoms with Gasteiger partial charge in [-0.05, 0) is 6.92 Å². The molecule has 1 atom stereocenters. The Morgan fingerprint density at radius 1 is 1.60 bits per heavy atom. The summed E-state index contributed by atoms with van der Waals surface area (Å²) in [5.74, 6) is -0.435. The molecule has 1 amide bonds. The van der Waals surface area contributed by atoms with Gasteiger partial charge in [-0.25, -0.2) is 0 Å². The number of alkyl halides is 3.